The van der Waals surface area contributed by atoms with Gasteiger partial charge in [-0.15, -0.1) is 0 Å². The number of phosphoric acid groups is 1. The molecule has 9 nitrogen and oxygen atoms in total. The topological polar surface area (TPSA) is 140 Å². The first-order chi connectivity index (χ1) is 9.26. The Morgan fingerprint density at radius 2 is 2.35 bits per heavy atom. The summed E-state index contributed by atoms with van der Waals surface area (Å²) in [5.41, 5.74) is 5.49. The zero-order valence-electron chi connectivity index (χ0n) is 10.2. The summed E-state index contributed by atoms with van der Waals surface area (Å²) in [4.78, 5) is 21.1. The van der Waals surface area contributed by atoms with E-state index in [1.807, 2.05) is 0 Å². The van der Waals surface area contributed by atoms with Crippen molar-refractivity contribution in [2.45, 2.75) is 24.9 Å². The van der Waals surface area contributed by atoms with Crippen molar-refractivity contribution in [1.29, 1.82) is 0 Å². The molecule has 0 amide bonds. The summed E-state index contributed by atoms with van der Waals surface area (Å²) in [7, 11) is -4.60. The first-order valence-corrected chi connectivity index (χ1v) is 7.58. The summed E-state index contributed by atoms with van der Waals surface area (Å²) in [6, 6.07) is 1.53. The predicted octanol–water partition coefficient (Wildman–Crippen LogP) is -0.0475. The minimum Gasteiger partial charge on any atom is -0.390 e. The molecule has 0 radical (unpaired) electrons. The zero-order valence-corrected chi connectivity index (χ0v) is 11.9. The van der Waals surface area contributed by atoms with Gasteiger partial charge in [0.1, 0.15) is 18.1 Å². The summed E-state index contributed by atoms with van der Waals surface area (Å²) in [6.45, 7) is -0.419. The Morgan fingerprint density at radius 1 is 1.65 bits per heavy atom. The Bertz CT molecular complexity index is 589. The molecule has 0 saturated carbocycles. The Hall–Kier alpha value is -0.870. The maximum Gasteiger partial charge on any atom is 0.469 e. The quantitative estimate of drug-likeness (QED) is 0.443. The van der Waals surface area contributed by atoms with Crippen LogP contribution in [0.3, 0.4) is 0 Å². The maximum atomic E-state index is 10.6. The maximum absolute atomic E-state index is 10.6. The Labute approximate surface area is 119 Å². The molecule has 5 N–H and O–H groups in total. The Balaban J connectivity index is 2.06. The van der Waals surface area contributed by atoms with Crippen LogP contribution in [0.2, 0.25) is 0 Å². The largest absolute Gasteiger partial charge is 0.469 e. The third-order valence-corrected chi connectivity index (χ3v) is 3.56. The first-order valence-electron chi connectivity index (χ1n) is 5.64. The molecule has 0 aliphatic carbocycles. The van der Waals surface area contributed by atoms with Crippen LogP contribution in [-0.2, 0) is 13.8 Å². The molecule has 1 saturated heterocycles. The molecule has 2 rings (SSSR count). The molecule has 0 unspecified atom stereocenters. The number of ether oxygens (including phenoxy) is 1. The molecule has 0 bridgehead atoms. The van der Waals surface area contributed by atoms with Crippen LogP contribution in [-0.4, -0.2) is 43.3 Å². The van der Waals surface area contributed by atoms with E-state index < -0.39 is 32.9 Å². The fourth-order valence-corrected chi connectivity index (χ4v) is 2.48. The lowest BCUT2D eigenvalue weighted by molar-refractivity contribution is -0.0444. The highest BCUT2D eigenvalue weighted by Crippen LogP contribution is 2.38. The lowest BCUT2D eigenvalue weighted by atomic mass is 10.2. The number of phosphoric ester groups is 1. The van der Waals surface area contributed by atoms with E-state index in [9.17, 15) is 9.67 Å². The van der Waals surface area contributed by atoms with E-state index in [2.05, 4.69) is 9.51 Å². The summed E-state index contributed by atoms with van der Waals surface area (Å²) in [5, 5.41) is 9.81. The van der Waals surface area contributed by atoms with Crippen molar-refractivity contribution in [3.8, 4) is 0 Å². The molecule has 1 aliphatic heterocycles. The highest BCUT2D eigenvalue weighted by Gasteiger charge is 2.36. The standard InChI is InChI=1S/C9H14N3O6PS/c10-7-1-2-12(9(20)11-7)8-3-5(13)6(18-8)4-17-19(14,15)16/h1-2,5-6,8,13H,3-4H2,(H2,10,11,20)(H2,14,15,16)/t5-,6+,8+/m0/s1. The average molecular weight is 323 g/mol. The van der Waals surface area contributed by atoms with Crippen molar-refractivity contribution in [2.24, 2.45) is 0 Å². The van der Waals surface area contributed by atoms with Gasteiger partial charge in [-0.2, -0.15) is 0 Å². The summed E-state index contributed by atoms with van der Waals surface area (Å²) < 4.78 is 22.1. The SMILES string of the molecule is Nc1ccn([C@H]2C[C@H](O)[C@@H](COP(=O)(O)O)O2)c(=S)n1. The number of hydrogen-bond acceptors (Lipinski definition) is 7. The van der Waals surface area contributed by atoms with E-state index in [1.165, 1.54) is 10.6 Å². The molecule has 11 heteroatoms. The zero-order chi connectivity index (χ0) is 14.9. The van der Waals surface area contributed by atoms with E-state index >= 15 is 0 Å². The van der Waals surface area contributed by atoms with Crippen molar-refractivity contribution < 1.29 is 28.7 Å². The lowest BCUT2D eigenvalue weighted by Crippen LogP contribution is -2.25. The molecular formula is C9H14N3O6PS. The van der Waals surface area contributed by atoms with Gasteiger partial charge in [0.2, 0.25) is 4.77 Å². The van der Waals surface area contributed by atoms with E-state index in [-0.39, 0.29) is 17.0 Å². The van der Waals surface area contributed by atoms with Crippen molar-refractivity contribution in [1.82, 2.24) is 9.55 Å². The predicted molar refractivity (Wildman–Crippen MR) is 70.0 cm³/mol. The molecule has 3 atom stereocenters. The van der Waals surface area contributed by atoms with E-state index in [0.717, 1.165) is 0 Å². The molecular weight excluding hydrogens is 309 g/mol. The van der Waals surface area contributed by atoms with Crippen LogP contribution in [0.4, 0.5) is 5.82 Å². The van der Waals surface area contributed by atoms with Crippen molar-refractivity contribution >= 4 is 25.9 Å². The molecule has 0 spiro atoms. The lowest BCUT2D eigenvalue weighted by Gasteiger charge is -2.17. The van der Waals surface area contributed by atoms with Crippen molar-refractivity contribution in [2.75, 3.05) is 12.3 Å². The van der Waals surface area contributed by atoms with Gasteiger partial charge in [0, 0.05) is 12.6 Å². The van der Waals surface area contributed by atoms with Gasteiger partial charge < -0.3 is 25.4 Å². The van der Waals surface area contributed by atoms with Gasteiger partial charge in [0.25, 0.3) is 0 Å². The fraction of sp³-hybridized carbons (Fsp3) is 0.556. The Kier molecular flexibility index (Phi) is 4.55. The number of hydrogen-bond donors (Lipinski definition) is 4. The monoisotopic (exact) mass is 323 g/mol. The minimum atomic E-state index is -4.60. The number of aliphatic hydroxyl groups excluding tert-OH is 1. The normalized spacial score (nSPS) is 26.9. The van der Waals surface area contributed by atoms with Crippen molar-refractivity contribution in [3.63, 3.8) is 0 Å². The summed E-state index contributed by atoms with van der Waals surface area (Å²) >= 11 is 5.03. The van der Waals surface area contributed by atoms with E-state index in [1.54, 1.807) is 6.20 Å². The molecule has 2 heterocycles. The number of nitrogen functional groups attached to an aromatic ring is 1. The van der Waals surface area contributed by atoms with E-state index in [0.29, 0.717) is 0 Å². The number of anilines is 1. The number of nitrogens with two attached hydrogens (primary N) is 1. The average Bonchev–Trinajstić information content (AvgIpc) is 2.67. The molecule has 1 aliphatic rings. The third kappa shape index (κ3) is 3.83. The van der Waals surface area contributed by atoms with Gasteiger partial charge >= 0.3 is 7.82 Å². The fourth-order valence-electron chi connectivity index (χ4n) is 1.85. The number of nitrogens with zero attached hydrogens (tertiary/aromatic N) is 2. The Morgan fingerprint density at radius 3 is 2.95 bits per heavy atom. The van der Waals surface area contributed by atoms with Crippen molar-refractivity contribution in [3.05, 3.63) is 17.0 Å². The third-order valence-electron chi connectivity index (χ3n) is 2.77. The second kappa shape index (κ2) is 5.86. The van der Waals surface area contributed by atoms with Crippen LogP contribution in [0.15, 0.2) is 12.3 Å². The first kappa shape index (κ1) is 15.5. The van der Waals surface area contributed by atoms with Gasteiger partial charge in [-0.1, -0.05) is 0 Å². The second-order valence-corrected chi connectivity index (χ2v) is 5.87. The smallest absolute Gasteiger partial charge is 0.390 e. The van der Waals surface area contributed by atoms with Gasteiger partial charge in [-0.05, 0) is 18.3 Å². The molecule has 1 fully saturated rings. The van der Waals surface area contributed by atoms with Gasteiger partial charge in [-0.25, -0.2) is 9.55 Å². The molecule has 1 aromatic heterocycles. The van der Waals surface area contributed by atoms with Crippen LogP contribution in [0, 0.1) is 4.77 Å². The van der Waals surface area contributed by atoms with Crippen LogP contribution in [0.25, 0.3) is 0 Å². The van der Waals surface area contributed by atoms with Crippen LogP contribution in [0.5, 0.6) is 0 Å². The molecule has 112 valence electrons. The molecule has 20 heavy (non-hydrogen) atoms. The highest BCUT2D eigenvalue weighted by molar-refractivity contribution is 7.71. The second-order valence-electron chi connectivity index (χ2n) is 4.26. The summed E-state index contributed by atoms with van der Waals surface area (Å²) in [6.07, 6.45) is -0.586. The van der Waals surface area contributed by atoms with Gasteiger partial charge in [0.05, 0.1) is 12.7 Å². The van der Waals surface area contributed by atoms with Gasteiger partial charge in [-0.3, -0.25) is 9.09 Å². The van der Waals surface area contributed by atoms with Gasteiger partial charge in [0.15, 0.2) is 0 Å². The van der Waals surface area contributed by atoms with E-state index in [4.69, 9.17) is 32.5 Å². The van der Waals surface area contributed by atoms with Crippen LogP contribution in [0.1, 0.15) is 12.6 Å². The summed E-state index contributed by atoms with van der Waals surface area (Å²) in [5.74, 6) is 0.270. The highest BCUT2D eigenvalue weighted by atomic mass is 32.1. The number of rotatable bonds is 4. The van der Waals surface area contributed by atoms with Crippen LogP contribution < -0.4 is 5.73 Å². The number of aliphatic hydroxyl groups is 1. The molecule has 0 aromatic carbocycles. The number of aromatic nitrogens is 2. The van der Waals surface area contributed by atoms with Crippen LogP contribution >= 0.6 is 20.0 Å². The molecule has 1 aromatic rings. The minimum absolute atomic E-state index is 0.193.